The molecule has 0 radical (unpaired) electrons. The van der Waals surface area contributed by atoms with Gasteiger partial charge in [0.1, 0.15) is 12.1 Å². The molecule has 2 rings (SSSR count). The van der Waals surface area contributed by atoms with Crippen molar-refractivity contribution in [2.75, 3.05) is 7.11 Å². The average molecular weight is 301 g/mol. The Hall–Kier alpha value is -1.39. The number of hydrogen-bond donors (Lipinski definition) is 0. The van der Waals surface area contributed by atoms with E-state index in [0.29, 0.717) is 28.6 Å². The van der Waals surface area contributed by atoms with Gasteiger partial charge in [-0.1, -0.05) is 11.6 Å². The predicted molar refractivity (Wildman–Crippen MR) is 72.3 cm³/mol. The second-order valence-corrected chi connectivity index (χ2v) is 4.85. The first-order valence-corrected chi connectivity index (χ1v) is 6.35. The van der Waals surface area contributed by atoms with Gasteiger partial charge in [0.05, 0.1) is 12.5 Å². The van der Waals surface area contributed by atoms with Crippen molar-refractivity contribution in [1.82, 2.24) is 9.97 Å². The highest BCUT2D eigenvalue weighted by molar-refractivity contribution is 6.30. The summed E-state index contributed by atoms with van der Waals surface area (Å²) < 4.78 is 18.7. The largest absolute Gasteiger partial charge is 0.481 e. The lowest BCUT2D eigenvalue weighted by Gasteiger charge is -2.11. The van der Waals surface area contributed by atoms with Gasteiger partial charge in [-0.05, 0) is 18.2 Å². The van der Waals surface area contributed by atoms with Gasteiger partial charge in [-0.15, -0.1) is 11.6 Å². The van der Waals surface area contributed by atoms with Crippen LogP contribution in [0.15, 0.2) is 30.6 Å². The summed E-state index contributed by atoms with van der Waals surface area (Å²) in [5.41, 5.74) is 1.03. The SMILES string of the molecule is COc1cc(CC(Cl)c2cc(Cl)ccc2F)ncn1. The highest BCUT2D eigenvalue weighted by Crippen LogP contribution is 2.29. The molecule has 3 nitrogen and oxygen atoms in total. The first-order valence-electron chi connectivity index (χ1n) is 5.54. The quantitative estimate of drug-likeness (QED) is 0.806. The van der Waals surface area contributed by atoms with Crippen LogP contribution in [-0.2, 0) is 6.42 Å². The molecule has 100 valence electrons. The highest BCUT2D eigenvalue weighted by atomic mass is 35.5. The van der Waals surface area contributed by atoms with Gasteiger partial charge in [0, 0.05) is 28.8 Å². The molecule has 1 aromatic heterocycles. The Labute approximate surface area is 120 Å². The Morgan fingerprint density at radius 2 is 2.11 bits per heavy atom. The van der Waals surface area contributed by atoms with Crippen molar-refractivity contribution in [2.24, 2.45) is 0 Å². The van der Waals surface area contributed by atoms with E-state index in [2.05, 4.69) is 9.97 Å². The zero-order valence-electron chi connectivity index (χ0n) is 10.1. The van der Waals surface area contributed by atoms with Crippen molar-refractivity contribution >= 4 is 23.2 Å². The molecule has 0 saturated heterocycles. The van der Waals surface area contributed by atoms with Gasteiger partial charge in [0.2, 0.25) is 5.88 Å². The molecule has 0 bridgehead atoms. The van der Waals surface area contributed by atoms with Crippen LogP contribution in [0.3, 0.4) is 0 Å². The van der Waals surface area contributed by atoms with Gasteiger partial charge in [-0.25, -0.2) is 14.4 Å². The topological polar surface area (TPSA) is 35.0 Å². The van der Waals surface area contributed by atoms with E-state index in [4.69, 9.17) is 27.9 Å². The molecule has 6 heteroatoms. The molecular formula is C13H11Cl2FN2O. The van der Waals surface area contributed by atoms with Gasteiger partial charge >= 0.3 is 0 Å². The third-order valence-corrected chi connectivity index (χ3v) is 3.22. The third kappa shape index (κ3) is 3.55. The molecule has 0 aliphatic heterocycles. The fourth-order valence-corrected chi connectivity index (χ4v) is 2.15. The van der Waals surface area contributed by atoms with Gasteiger partial charge in [0.25, 0.3) is 0 Å². The number of rotatable bonds is 4. The number of halogens is 3. The molecule has 1 aromatic carbocycles. The van der Waals surface area contributed by atoms with E-state index in [-0.39, 0.29) is 5.82 Å². The first-order chi connectivity index (χ1) is 9.10. The van der Waals surface area contributed by atoms with Gasteiger partial charge in [-0.2, -0.15) is 0 Å². The van der Waals surface area contributed by atoms with E-state index in [1.165, 1.54) is 31.6 Å². The van der Waals surface area contributed by atoms with E-state index in [0.717, 1.165) is 0 Å². The standard InChI is InChI=1S/C13H11Cl2FN2O/c1-19-13-6-9(17-7-18-13)5-11(15)10-4-8(14)2-3-12(10)16/h2-4,6-7,11H,5H2,1H3. The summed E-state index contributed by atoms with van der Waals surface area (Å²) in [5.74, 6) is 0.0610. The number of ether oxygens (including phenoxy) is 1. The minimum Gasteiger partial charge on any atom is -0.481 e. The maximum Gasteiger partial charge on any atom is 0.216 e. The summed E-state index contributed by atoms with van der Waals surface area (Å²) in [4.78, 5) is 7.97. The zero-order valence-corrected chi connectivity index (χ0v) is 11.6. The summed E-state index contributed by atoms with van der Waals surface area (Å²) in [7, 11) is 1.51. The number of benzene rings is 1. The number of aromatic nitrogens is 2. The lowest BCUT2D eigenvalue weighted by Crippen LogP contribution is -2.02. The van der Waals surface area contributed by atoms with Crippen molar-refractivity contribution in [1.29, 1.82) is 0 Å². The average Bonchev–Trinajstić information content (AvgIpc) is 2.41. The minimum atomic E-state index is -0.557. The van der Waals surface area contributed by atoms with Crippen molar-refractivity contribution < 1.29 is 9.13 Å². The Kier molecular flexibility index (Phi) is 4.56. The third-order valence-electron chi connectivity index (χ3n) is 2.59. The molecular weight excluding hydrogens is 290 g/mol. The summed E-state index contributed by atoms with van der Waals surface area (Å²) >= 11 is 12.1. The van der Waals surface area contributed by atoms with Gasteiger partial charge < -0.3 is 4.74 Å². The second-order valence-electron chi connectivity index (χ2n) is 3.89. The monoisotopic (exact) mass is 300 g/mol. The van der Waals surface area contributed by atoms with Crippen LogP contribution in [0.25, 0.3) is 0 Å². The molecule has 0 amide bonds. The second kappa shape index (κ2) is 6.17. The molecule has 1 atom stereocenters. The highest BCUT2D eigenvalue weighted by Gasteiger charge is 2.15. The number of hydrogen-bond acceptors (Lipinski definition) is 3. The van der Waals surface area contributed by atoms with E-state index in [1.807, 2.05) is 0 Å². The Morgan fingerprint density at radius 1 is 1.32 bits per heavy atom. The van der Waals surface area contributed by atoms with E-state index in [1.54, 1.807) is 6.07 Å². The summed E-state index contributed by atoms with van der Waals surface area (Å²) in [6, 6.07) is 5.97. The zero-order chi connectivity index (χ0) is 13.8. The lowest BCUT2D eigenvalue weighted by molar-refractivity contribution is 0.396. The van der Waals surface area contributed by atoms with Crippen molar-refractivity contribution in [3.05, 3.63) is 52.7 Å². The number of alkyl halides is 1. The summed E-state index contributed by atoms with van der Waals surface area (Å²) in [6.07, 6.45) is 1.74. The van der Waals surface area contributed by atoms with Gasteiger partial charge in [0.15, 0.2) is 0 Å². The van der Waals surface area contributed by atoms with Crippen molar-refractivity contribution in [3.8, 4) is 5.88 Å². The van der Waals surface area contributed by atoms with Crippen LogP contribution in [-0.4, -0.2) is 17.1 Å². The molecule has 1 heterocycles. The molecule has 0 spiro atoms. The Morgan fingerprint density at radius 3 is 2.84 bits per heavy atom. The van der Waals surface area contributed by atoms with E-state index >= 15 is 0 Å². The normalized spacial score (nSPS) is 12.2. The maximum absolute atomic E-state index is 13.7. The molecule has 0 saturated carbocycles. The van der Waals surface area contributed by atoms with Crippen molar-refractivity contribution in [3.63, 3.8) is 0 Å². The molecule has 0 aliphatic carbocycles. The molecule has 1 unspecified atom stereocenters. The molecule has 0 N–H and O–H groups in total. The Balaban J connectivity index is 2.20. The van der Waals surface area contributed by atoms with Crippen LogP contribution >= 0.6 is 23.2 Å². The minimum absolute atomic E-state index is 0.353. The first kappa shape index (κ1) is 14.0. The molecule has 19 heavy (non-hydrogen) atoms. The lowest BCUT2D eigenvalue weighted by atomic mass is 10.1. The number of nitrogens with zero attached hydrogens (tertiary/aromatic N) is 2. The molecule has 2 aromatic rings. The van der Waals surface area contributed by atoms with E-state index < -0.39 is 5.38 Å². The maximum atomic E-state index is 13.7. The summed E-state index contributed by atoms with van der Waals surface area (Å²) in [6.45, 7) is 0. The van der Waals surface area contributed by atoms with Crippen LogP contribution in [0.4, 0.5) is 4.39 Å². The predicted octanol–water partition coefficient (Wildman–Crippen LogP) is 3.80. The van der Waals surface area contributed by atoms with Crippen LogP contribution in [0.5, 0.6) is 5.88 Å². The Bertz CT molecular complexity index is 580. The fraction of sp³-hybridized carbons (Fsp3) is 0.231. The smallest absolute Gasteiger partial charge is 0.216 e. The molecule has 0 aliphatic rings. The van der Waals surface area contributed by atoms with Gasteiger partial charge in [-0.3, -0.25) is 0 Å². The van der Waals surface area contributed by atoms with Crippen LogP contribution < -0.4 is 4.74 Å². The number of methoxy groups -OCH3 is 1. The van der Waals surface area contributed by atoms with Crippen molar-refractivity contribution in [2.45, 2.75) is 11.8 Å². The fourth-order valence-electron chi connectivity index (χ4n) is 1.65. The molecule has 0 fully saturated rings. The van der Waals surface area contributed by atoms with Crippen LogP contribution in [0, 0.1) is 5.82 Å². The van der Waals surface area contributed by atoms with Crippen LogP contribution in [0.1, 0.15) is 16.6 Å². The van der Waals surface area contributed by atoms with Crippen LogP contribution in [0.2, 0.25) is 5.02 Å². The summed E-state index contributed by atoms with van der Waals surface area (Å²) in [5, 5.41) is -0.111. The van der Waals surface area contributed by atoms with E-state index in [9.17, 15) is 4.39 Å².